The van der Waals surface area contributed by atoms with E-state index < -0.39 is 65.0 Å². The number of thiazole rings is 3. The van der Waals surface area contributed by atoms with Crippen molar-refractivity contribution in [3.8, 4) is 0 Å². The first-order valence-corrected chi connectivity index (χ1v) is 53.3. The Morgan fingerprint density at radius 3 is 0.874 bits per heavy atom. The number of amides is 8. The van der Waals surface area contributed by atoms with Gasteiger partial charge in [0.1, 0.15) is 15.0 Å². The lowest BCUT2D eigenvalue weighted by molar-refractivity contribution is 0.254. The molecule has 0 unspecified atom stereocenters. The molecular formula is C99H123N17O12S7. The number of nitrogens with zero attached hydrogens (tertiary/aromatic N) is 9. The van der Waals surface area contributed by atoms with Crippen molar-refractivity contribution in [2.75, 3.05) is 21.3 Å². The summed E-state index contributed by atoms with van der Waals surface area (Å²) in [6.45, 7) is 29.3. The summed E-state index contributed by atoms with van der Waals surface area (Å²) in [4.78, 5) is 64.5. The van der Waals surface area contributed by atoms with Gasteiger partial charge in [-0.15, -0.1) is 34.0 Å². The van der Waals surface area contributed by atoms with E-state index in [4.69, 9.17) is 0 Å². The second-order valence-corrected chi connectivity index (χ2v) is 44.7. The van der Waals surface area contributed by atoms with Crippen molar-refractivity contribution < 1.29 is 52.8 Å². The molecule has 8 N–H and O–H groups in total. The Bertz CT molecular complexity index is 6140. The van der Waals surface area contributed by atoms with Crippen LogP contribution in [0.3, 0.4) is 0 Å². The molecule has 29 nitrogen and oxygen atoms in total. The summed E-state index contributed by atoms with van der Waals surface area (Å²) >= 11 is 4.10. The number of carbonyl (C=O) groups is 4. The lowest BCUT2D eigenvalue weighted by Gasteiger charge is -2.24. The lowest BCUT2D eigenvalue weighted by atomic mass is 9.90. The quantitative estimate of drug-likeness (QED) is 0.0186. The van der Waals surface area contributed by atoms with Crippen LogP contribution in [0.2, 0.25) is 0 Å². The molecule has 0 atom stereocenters. The van der Waals surface area contributed by atoms with E-state index >= 15 is 0 Å². The molecule has 2 aliphatic rings. The molecule has 4 aromatic heterocycles. The van der Waals surface area contributed by atoms with Crippen molar-refractivity contribution in [1.82, 2.24) is 60.8 Å². The van der Waals surface area contributed by atoms with Gasteiger partial charge in [0.2, 0.25) is 0 Å². The maximum atomic E-state index is 13.3. The van der Waals surface area contributed by atoms with E-state index in [1.54, 1.807) is 58.7 Å². The molecule has 0 bridgehead atoms. The fourth-order valence-electron chi connectivity index (χ4n) is 16.0. The van der Waals surface area contributed by atoms with Crippen molar-refractivity contribution in [3.05, 3.63) is 327 Å². The molecule has 718 valence electrons. The van der Waals surface area contributed by atoms with Gasteiger partial charge in [0.15, 0.2) is 0 Å². The zero-order valence-electron chi connectivity index (χ0n) is 78.9. The second kappa shape index (κ2) is 47.9. The third-order valence-corrected chi connectivity index (χ3v) is 30.3. The van der Waals surface area contributed by atoms with E-state index in [2.05, 4.69) is 66.3 Å². The van der Waals surface area contributed by atoms with Gasteiger partial charge in [0.05, 0.1) is 31.9 Å². The van der Waals surface area contributed by atoms with Gasteiger partial charge in [0.25, 0.3) is 0 Å². The van der Waals surface area contributed by atoms with E-state index in [9.17, 15) is 52.8 Å². The van der Waals surface area contributed by atoms with Gasteiger partial charge in [-0.3, -0.25) is 4.68 Å². The molecule has 36 heteroatoms. The fourth-order valence-corrected chi connectivity index (χ4v) is 22.2. The molecule has 0 saturated carbocycles. The Balaban J connectivity index is 0.000000173. The predicted molar refractivity (Wildman–Crippen MR) is 540 cm³/mol. The van der Waals surface area contributed by atoms with Gasteiger partial charge >= 0.3 is 65.0 Å². The molecule has 0 spiro atoms. The van der Waals surface area contributed by atoms with Gasteiger partial charge < -0.3 is 21.3 Å². The van der Waals surface area contributed by atoms with Crippen molar-refractivity contribution in [2.45, 2.75) is 223 Å². The zero-order chi connectivity index (χ0) is 97.5. The molecule has 12 aromatic rings. The highest BCUT2D eigenvalue weighted by Gasteiger charge is 2.34. The highest BCUT2D eigenvalue weighted by Crippen LogP contribution is 2.41. The summed E-state index contributed by atoms with van der Waals surface area (Å²) in [5, 5.41) is 23.0. The molecule has 8 aromatic carbocycles. The van der Waals surface area contributed by atoms with Gasteiger partial charge in [-0.1, -0.05) is 264 Å². The minimum atomic E-state index is -4.15. The van der Waals surface area contributed by atoms with Crippen LogP contribution in [-0.4, -0.2) is 99.7 Å². The number of rotatable bonds is 34. The third-order valence-electron chi connectivity index (χ3n) is 22.5. The van der Waals surface area contributed by atoms with E-state index in [-0.39, 0.29) is 87.9 Å². The van der Waals surface area contributed by atoms with Gasteiger partial charge in [-0.25, -0.2) is 53.0 Å². The van der Waals surface area contributed by atoms with Crippen LogP contribution < -0.4 is 40.2 Å². The normalized spacial score (nSPS) is 12.6. The minimum absolute atomic E-state index is 0.0501. The van der Waals surface area contributed by atoms with Crippen LogP contribution in [0.25, 0.3) is 0 Å². The van der Waals surface area contributed by atoms with Gasteiger partial charge in [0, 0.05) is 96.9 Å². The smallest absolute Gasteiger partial charge is 0.307 e. The molecule has 14 rings (SSSR count). The molecule has 0 aliphatic heterocycles. The first kappa shape index (κ1) is 104. The van der Waals surface area contributed by atoms with Crippen LogP contribution in [-0.2, 0) is 126 Å². The van der Waals surface area contributed by atoms with Crippen molar-refractivity contribution in [1.29, 1.82) is 0 Å². The molecule has 2 aliphatic carbocycles. The molecule has 0 fully saturated rings. The summed E-state index contributed by atoms with van der Waals surface area (Å²) in [5.74, 6) is 0.949. The van der Waals surface area contributed by atoms with E-state index in [0.29, 0.717) is 37.8 Å². The highest BCUT2D eigenvalue weighted by atomic mass is 32.2. The zero-order valence-corrected chi connectivity index (χ0v) is 84.6. The summed E-state index contributed by atoms with van der Waals surface area (Å²) in [6, 6.07) is 52.0. The number of fused-ring (bicyclic) bond motifs is 2. The number of hydrogen-bond acceptors (Lipinski definition) is 19. The number of carbonyl (C=O) groups excluding carboxylic acids is 4. The number of benzene rings is 8. The van der Waals surface area contributed by atoms with E-state index in [0.717, 1.165) is 122 Å². The number of hydrogen-bond donors (Lipinski definition) is 8. The Morgan fingerprint density at radius 2 is 0.615 bits per heavy atom. The largest absolute Gasteiger partial charge is 0.333 e. The maximum Gasteiger partial charge on any atom is 0.333 e. The molecule has 8 amide bonds. The maximum absolute atomic E-state index is 13.3. The number of aromatic nitrogens is 5. The fraction of sp³-hybridized carbons (Fsp3) is 0.354. The van der Waals surface area contributed by atoms with Crippen molar-refractivity contribution >= 4 is 122 Å². The lowest BCUT2D eigenvalue weighted by Crippen LogP contribution is -2.44. The number of anilines is 4. The average Bonchev–Trinajstić information content (AvgIpc) is 1.64. The summed E-state index contributed by atoms with van der Waals surface area (Å²) in [7, 11) is -14.8. The first-order chi connectivity index (χ1) is 64.2. The number of aryl methyl sites for hydroxylation is 5. The van der Waals surface area contributed by atoms with Crippen molar-refractivity contribution in [3.63, 3.8) is 0 Å². The first-order valence-electron chi connectivity index (χ1n) is 44.9. The van der Waals surface area contributed by atoms with Crippen LogP contribution in [0.4, 0.5) is 41.9 Å². The minimum Gasteiger partial charge on any atom is -0.307 e. The predicted octanol–water partition coefficient (Wildman–Crippen LogP) is 20.5. The van der Waals surface area contributed by atoms with Gasteiger partial charge in [-0.05, 0) is 172 Å². The Morgan fingerprint density at radius 1 is 0.341 bits per heavy atom. The number of nitrogens with one attached hydrogen (secondary N) is 8. The second-order valence-electron chi connectivity index (χ2n) is 35.1. The Labute approximate surface area is 807 Å². The Kier molecular flexibility index (Phi) is 36.9. The SMILES string of the molecule is CC(C)c1cccc(C(C)C)c1NC(=O)NS(=O)(=O)N(Cc1ccccc1)Cc1nccs1.Cc1cc(C(C)C)c(NC(=O)NS(=O)(=O)N(Cc2ccccc2)Cc2nccs2)c(C(C)C)c1.Cc1cc(C(C)C)c(NC(=O)NS(=O)(=O)N(Cc2ccccc2)Cc2nccs2)c(C(C)C)c1.Cn1ccc(CN(Cc2ccccc2)S(=O)(=O)NC(=O)Nc2c3c(cc4c2CCC4)CCC3)n1. The topological polar surface area (TPSA) is 371 Å². The van der Waals surface area contributed by atoms with E-state index in [1.165, 1.54) is 62.4 Å². The van der Waals surface area contributed by atoms with Crippen LogP contribution in [0, 0.1) is 13.8 Å². The summed E-state index contributed by atoms with van der Waals surface area (Å²) in [6.07, 6.45) is 12.6. The average molecular weight is 1970 g/mol. The van der Waals surface area contributed by atoms with Crippen molar-refractivity contribution in [2.24, 2.45) is 7.05 Å². The number of para-hydroxylation sites is 1. The van der Waals surface area contributed by atoms with Crippen LogP contribution in [0.5, 0.6) is 0 Å². The number of urea groups is 4. The van der Waals surface area contributed by atoms with Crippen LogP contribution in [0.1, 0.15) is 241 Å². The highest BCUT2D eigenvalue weighted by molar-refractivity contribution is 7.88. The molecule has 0 radical (unpaired) electrons. The Hall–Kier alpha value is -11.4. The molecular weight excluding hydrogens is 1840 g/mol. The summed E-state index contributed by atoms with van der Waals surface area (Å²) in [5.41, 5.74) is 19.5. The molecule has 0 saturated heterocycles. The monoisotopic (exact) mass is 1970 g/mol. The van der Waals surface area contributed by atoms with Crippen LogP contribution in [0.15, 0.2) is 217 Å². The van der Waals surface area contributed by atoms with Crippen LogP contribution >= 0.6 is 34.0 Å². The standard InChI is InChI=1S/C25H29N5O3S.2C25H32N4O3S2.C24H30N4O3S2/c1-29-14-13-21(27-29)17-30(16-18-7-3-2-4-8-18)34(32,33)28-25(31)26-24-22-11-5-9-19(22)15-20-10-6-12-23(20)24;2*1-17(2)21-13-19(5)14-22(18(3)4)24(21)27-25(30)28-34(31,32)29(16-23-26-11-12-33-23)15-20-9-7-6-8-10-20;1-17(2)20-11-8-12-21(18(3)4)23(20)26-24(29)27-33(30,31)28(16-22-25-13-14-32-22)15-19-9-6-5-7-10-19/h2-4,7-8,13-15H,5-6,9-12,16-17H2,1H3,(H2,26,28,31);2*6-14,17-18H,15-16H2,1-5H3,(H2,27,28,30);5-14,17-18H,15-16H2,1-4H3,(H2,26,27,29). The third kappa shape index (κ3) is 29.8. The van der Waals surface area contributed by atoms with E-state index in [1.807, 2.05) is 261 Å². The van der Waals surface area contributed by atoms with Gasteiger partial charge in [-0.2, -0.15) is 56.0 Å². The molecule has 135 heavy (non-hydrogen) atoms. The summed E-state index contributed by atoms with van der Waals surface area (Å²) < 4.78 is 122. The molecule has 4 heterocycles.